The summed E-state index contributed by atoms with van der Waals surface area (Å²) in [5.74, 6) is -1.05. The Labute approximate surface area is 120 Å². The van der Waals surface area contributed by atoms with Crippen LogP contribution >= 0.6 is 0 Å². The number of ether oxygens (including phenoxy) is 2. The fourth-order valence-electron chi connectivity index (χ4n) is 1.62. The molecule has 2 aromatic rings. The van der Waals surface area contributed by atoms with Crippen molar-refractivity contribution >= 4 is 5.69 Å². The van der Waals surface area contributed by atoms with Gasteiger partial charge >= 0.3 is 0 Å². The average molecular weight is 295 g/mol. The normalized spacial score (nSPS) is 12.0. The summed E-state index contributed by atoms with van der Waals surface area (Å²) in [5.41, 5.74) is 6.13. The van der Waals surface area contributed by atoms with Gasteiger partial charge in [-0.3, -0.25) is 0 Å². The smallest absolute Gasteiger partial charge is 0.165 e. The summed E-state index contributed by atoms with van der Waals surface area (Å²) in [5, 5.41) is 9.70. The van der Waals surface area contributed by atoms with E-state index >= 15 is 0 Å². The molecule has 2 aromatic carbocycles. The highest BCUT2D eigenvalue weighted by Gasteiger charge is 2.10. The second-order valence-electron chi connectivity index (χ2n) is 4.42. The van der Waals surface area contributed by atoms with Crippen LogP contribution in [0.1, 0.15) is 0 Å². The van der Waals surface area contributed by atoms with Crippen molar-refractivity contribution in [2.45, 2.75) is 6.10 Å². The van der Waals surface area contributed by atoms with Gasteiger partial charge in [-0.15, -0.1) is 0 Å². The van der Waals surface area contributed by atoms with Gasteiger partial charge in [0.1, 0.15) is 30.9 Å². The maximum Gasteiger partial charge on any atom is 0.165 e. The number of benzene rings is 2. The minimum atomic E-state index is -0.992. The van der Waals surface area contributed by atoms with Crippen molar-refractivity contribution in [3.63, 3.8) is 0 Å². The molecule has 3 N–H and O–H groups in total. The summed E-state index contributed by atoms with van der Waals surface area (Å²) >= 11 is 0. The molecule has 0 spiro atoms. The third-order valence-electron chi connectivity index (χ3n) is 2.62. The summed E-state index contributed by atoms with van der Waals surface area (Å²) in [6.45, 7) is -0.275. The standard InChI is InChI=1S/C15H15F2NO3/c16-10-4-5-14(17)15(6-10)21-9-12(19)8-20-13-3-1-2-11(18)7-13/h1-7,12,19H,8-9,18H2. The van der Waals surface area contributed by atoms with Crippen molar-refractivity contribution in [2.75, 3.05) is 18.9 Å². The first-order chi connectivity index (χ1) is 10.0. The molecule has 0 fully saturated rings. The molecule has 6 heteroatoms. The van der Waals surface area contributed by atoms with Crippen LogP contribution in [-0.4, -0.2) is 24.4 Å². The largest absolute Gasteiger partial charge is 0.491 e. The van der Waals surface area contributed by atoms with E-state index in [2.05, 4.69) is 0 Å². The highest BCUT2D eigenvalue weighted by Crippen LogP contribution is 2.18. The molecule has 0 radical (unpaired) electrons. The highest BCUT2D eigenvalue weighted by atomic mass is 19.1. The van der Waals surface area contributed by atoms with Gasteiger partial charge in [0.25, 0.3) is 0 Å². The molecule has 0 saturated heterocycles. The number of aliphatic hydroxyl groups is 1. The predicted molar refractivity (Wildman–Crippen MR) is 74.2 cm³/mol. The lowest BCUT2D eigenvalue weighted by Crippen LogP contribution is -2.25. The summed E-state index contributed by atoms with van der Waals surface area (Å²) in [6.07, 6.45) is -0.992. The van der Waals surface area contributed by atoms with Crippen molar-refractivity contribution in [2.24, 2.45) is 0 Å². The van der Waals surface area contributed by atoms with Crippen LogP contribution in [0.25, 0.3) is 0 Å². The molecule has 1 atom stereocenters. The molecule has 112 valence electrons. The van der Waals surface area contributed by atoms with E-state index in [0.29, 0.717) is 11.4 Å². The molecule has 0 heterocycles. The maximum absolute atomic E-state index is 13.3. The highest BCUT2D eigenvalue weighted by molar-refractivity contribution is 5.43. The first kappa shape index (κ1) is 15.1. The summed E-state index contributed by atoms with van der Waals surface area (Å²) in [4.78, 5) is 0. The number of nitrogen functional groups attached to an aromatic ring is 1. The van der Waals surface area contributed by atoms with Gasteiger partial charge in [0.2, 0.25) is 0 Å². The predicted octanol–water partition coefficient (Wildman–Crippen LogP) is 2.37. The number of hydrogen-bond donors (Lipinski definition) is 2. The van der Waals surface area contributed by atoms with Gasteiger partial charge in [-0.2, -0.15) is 0 Å². The van der Waals surface area contributed by atoms with Crippen LogP contribution in [-0.2, 0) is 0 Å². The van der Waals surface area contributed by atoms with Crippen LogP contribution < -0.4 is 15.2 Å². The van der Waals surface area contributed by atoms with Crippen LogP contribution in [0.2, 0.25) is 0 Å². The van der Waals surface area contributed by atoms with Gasteiger partial charge in [0.15, 0.2) is 11.6 Å². The molecule has 21 heavy (non-hydrogen) atoms. The minimum absolute atomic E-state index is 0.0552. The van der Waals surface area contributed by atoms with Crippen molar-refractivity contribution in [3.05, 3.63) is 54.1 Å². The molecular weight excluding hydrogens is 280 g/mol. The fraction of sp³-hybridized carbons (Fsp3) is 0.200. The molecule has 0 amide bonds. The number of rotatable bonds is 6. The zero-order valence-electron chi connectivity index (χ0n) is 11.1. The minimum Gasteiger partial charge on any atom is -0.491 e. The van der Waals surface area contributed by atoms with Crippen LogP contribution in [0, 0.1) is 11.6 Å². The van der Waals surface area contributed by atoms with E-state index in [4.69, 9.17) is 15.2 Å². The van der Waals surface area contributed by atoms with Crippen LogP contribution in [0.3, 0.4) is 0 Å². The summed E-state index contributed by atoms with van der Waals surface area (Å²) < 4.78 is 36.6. The van der Waals surface area contributed by atoms with E-state index in [1.807, 2.05) is 0 Å². The number of halogens is 2. The SMILES string of the molecule is Nc1cccc(OCC(O)COc2cc(F)ccc2F)c1. The van der Waals surface area contributed by atoms with Crippen molar-refractivity contribution in [1.82, 2.24) is 0 Å². The molecule has 0 aliphatic heterocycles. The zero-order valence-corrected chi connectivity index (χ0v) is 11.1. The number of aliphatic hydroxyl groups excluding tert-OH is 1. The van der Waals surface area contributed by atoms with Gasteiger partial charge in [0, 0.05) is 17.8 Å². The number of hydrogen-bond acceptors (Lipinski definition) is 4. The summed E-state index contributed by atoms with van der Waals surface area (Å²) in [7, 11) is 0. The molecular formula is C15H15F2NO3. The quantitative estimate of drug-likeness (QED) is 0.803. The average Bonchev–Trinajstić information content (AvgIpc) is 2.46. The Morgan fingerprint density at radius 1 is 1.05 bits per heavy atom. The van der Waals surface area contributed by atoms with Gasteiger partial charge in [-0.1, -0.05) is 6.07 Å². The maximum atomic E-state index is 13.3. The Kier molecular flexibility index (Phi) is 4.94. The van der Waals surface area contributed by atoms with Gasteiger partial charge in [0.05, 0.1) is 0 Å². The Morgan fingerprint density at radius 3 is 2.57 bits per heavy atom. The van der Waals surface area contributed by atoms with E-state index in [1.54, 1.807) is 24.3 Å². The van der Waals surface area contributed by atoms with Gasteiger partial charge in [-0.05, 0) is 24.3 Å². The second kappa shape index (κ2) is 6.90. The molecule has 0 aromatic heterocycles. The van der Waals surface area contributed by atoms with Gasteiger partial charge < -0.3 is 20.3 Å². The molecule has 4 nitrogen and oxygen atoms in total. The monoisotopic (exact) mass is 295 g/mol. The molecule has 0 bridgehead atoms. The lowest BCUT2D eigenvalue weighted by molar-refractivity contribution is 0.0611. The van der Waals surface area contributed by atoms with E-state index in [-0.39, 0.29) is 19.0 Å². The number of anilines is 1. The van der Waals surface area contributed by atoms with E-state index < -0.39 is 17.7 Å². The Hall–Kier alpha value is -2.34. The van der Waals surface area contributed by atoms with Crippen molar-refractivity contribution in [1.29, 1.82) is 0 Å². The molecule has 2 rings (SSSR count). The third-order valence-corrected chi connectivity index (χ3v) is 2.62. The van der Waals surface area contributed by atoms with E-state index in [9.17, 15) is 13.9 Å². The van der Waals surface area contributed by atoms with Crippen LogP contribution in [0.4, 0.5) is 14.5 Å². The summed E-state index contributed by atoms with van der Waals surface area (Å²) in [6, 6.07) is 9.59. The van der Waals surface area contributed by atoms with Gasteiger partial charge in [-0.25, -0.2) is 8.78 Å². The lowest BCUT2D eigenvalue weighted by Gasteiger charge is -2.14. The Morgan fingerprint density at radius 2 is 1.81 bits per heavy atom. The van der Waals surface area contributed by atoms with Crippen LogP contribution in [0.5, 0.6) is 11.5 Å². The first-order valence-corrected chi connectivity index (χ1v) is 6.29. The molecule has 0 aliphatic rings. The van der Waals surface area contributed by atoms with Crippen LogP contribution in [0.15, 0.2) is 42.5 Å². The second-order valence-corrected chi connectivity index (χ2v) is 4.42. The Balaban J connectivity index is 1.82. The first-order valence-electron chi connectivity index (χ1n) is 6.29. The third kappa shape index (κ3) is 4.61. The molecule has 1 unspecified atom stereocenters. The number of nitrogens with two attached hydrogens (primary N) is 1. The molecule has 0 aliphatic carbocycles. The Bertz CT molecular complexity index is 607. The molecule has 0 saturated carbocycles. The van der Waals surface area contributed by atoms with E-state index in [0.717, 1.165) is 18.2 Å². The fourth-order valence-corrected chi connectivity index (χ4v) is 1.62. The lowest BCUT2D eigenvalue weighted by atomic mass is 10.3. The topological polar surface area (TPSA) is 64.7 Å². The van der Waals surface area contributed by atoms with Crippen molar-refractivity contribution < 1.29 is 23.4 Å². The van der Waals surface area contributed by atoms with Crippen molar-refractivity contribution in [3.8, 4) is 11.5 Å². The zero-order chi connectivity index (χ0) is 15.2. The van der Waals surface area contributed by atoms with E-state index in [1.165, 1.54) is 0 Å².